The topological polar surface area (TPSA) is 122 Å². The maximum Gasteiger partial charge on any atom is 0.316 e. The van der Waals surface area contributed by atoms with Crippen LogP contribution < -0.4 is 5.32 Å². The van der Waals surface area contributed by atoms with Crippen molar-refractivity contribution in [3.63, 3.8) is 0 Å². The molecule has 4 rings (SSSR count). The summed E-state index contributed by atoms with van der Waals surface area (Å²) in [6, 6.07) is 0. The maximum atomic E-state index is 13.5. The van der Waals surface area contributed by atoms with E-state index in [0.717, 1.165) is 32.4 Å². The number of nitrogens with one attached hydrogen (secondary N) is 1. The summed E-state index contributed by atoms with van der Waals surface area (Å²) in [7, 11) is 0. The average molecular weight is 607 g/mol. The highest BCUT2D eigenvalue weighted by atomic mass is 32.2. The van der Waals surface area contributed by atoms with Gasteiger partial charge < -0.3 is 9.84 Å². The number of aliphatic hydroxyl groups is 1. The van der Waals surface area contributed by atoms with E-state index in [-0.39, 0.29) is 47.2 Å². The number of hydrogen-bond donors (Lipinski definition) is 2. The molecule has 3 aliphatic carbocycles. The summed E-state index contributed by atoms with van der Waals surface area (Å²) < 4.78 is 6.85. The van der Waals surface area contributed by atoms with Crippen molar-refractivity contribution in [3.05, 3.63) is 12.7 Å². The number of thioether (sulfide) groups is 1. The fourth-order valence-corrected chi connectivity index (χ4v) is 9.49. The number of aliphatic hydroxyl groups excluding tert-OH is 1. The van der Waals surface area contributed by atoms with Crippen molar-refractivity contribution in [2.45, 2.75) is 90.2 Å². The largest absolute Gasteiger partial charge is 0.461 e. The lowest BCUT2D eigenvalue weighted by Gasteiger charge is -2.61. The van der Waals surface area contributed by atoms with Crippen molar-refractivity contribution in [2.24, 2.45) is 34.0 Å². The van der Waals surface area contributed by atoms with Crippen molar-refractivity contribution in [1.29, 1.82) is 0 Å². The van der Waals surface area contributed by atoms with Crippen LogP contribution in [0.2, 0.25) is 0 Å². The van der Waals surface area contributed by atoms with Crippen LogP contribution in [0, 0.1) is 34.0 Å². The first-order valence-corrected chi connectivity index (χ1v) is 16.7. The minimum Gasteiger partial charge on any atom is -0.461 e. The number of carbonyl (C=O) groups is 3. The molecule has 41 heavy (non-hydrogen) atoms. The zero-order chi connectivity index (χ0) is 30.2. The number of nitrogens with zero attached hydrogens (tertiary/aromatic N) is 3. The zero-order valence-corrected chi connectivity index (χ0v) is 26.9. The van der Waals surface area contributed by atoms with E-state index >= 15 is 0 Å². The molecule has 1 heterocycles. The standard InChI is InChI=1S/C30H46N4O5S2/c1-8-28(6)15-21(29(7)18(4)11-13-30(19(5)25(28)38)14-12-20(35)24(29)30)39-23(37)17-40-27-33-32-26(41-27)31-22(36)16-34(9-2)10-3/h8,18-19,21,24-25,38H,1,9-17H2,2-7H3,(H,31,32,36)/t18-,19+,21-,24+,25+,28-,29+,30+/m1/s1. The van der Waals surface area contributed by atoms with Gasteiger partial charge in [-0.25, -0.2) is 0 Å². The molecule has 9 nitrogen and oxygen atoms in total. The van der Waals surface area contributed by atoms with Crippen molar-refractivity contribution >= 4 is 45.9 Å². The number of Topliss-reactive ketones (excluding diaryl/α,β-unsaturated/α-hetero) is 1. The molecule has 3 aliphatic rings. The van der Waals surface area contributed by atoms with E-state index in [2.05, 4.69) is 42.9 Å². The summed E-state index contributed by atoms with van der Waals surface area (Å²) in [6.07, 6.45) is 4.07. The molecule has 1 amide bonds. The Bertz CT molecular complexity index is 1160. The molecule has 0 aromatic carbocycles. The molecule has 11 heteroatoms. The number of esters is 1. The summed E-state index contributed by atoms with van der Waals surface area (Å²) in [5.41, 5.74) is -1.52. The van der Waals surface area contributed by atoms with Crippen molar-refractivity contribution in [3.8, 4) is 0 Å². The number of ether oxygens (including phenoxy) is 1. The monoisotopic (exact) mass is 606 g/mol. The van der Waals surface area contributed by atoms with Gasteiger partial charge in [-0.3, -0.25) is 24.6 Å². The van der Waals surface area contributed by atoms with Crippen molar-refractivity contribution in [2.75, 3.05) is 30.7 Å². The molecule has 0 unspecified atom stereocenters. The highest BCUT2D eigenvalue weighted by Gasteiger charge is 2.68. The molecule has 2 N–H and O–H groups in total. The third kappa shape index (κ3) is 5.88. The molecule has 0 saturated heterocycles. The Kier molecular flexibility index (Phi) is 9.73. The molecule has 1 aromatic heterocycles. The number of hydrogen-bond acceptors (Lipinski definition) is 10. The fraction of sp³-hybridized carbons (Fsp3) is 0.767. The van der Waals surface area contributed by atoms with Gasteiger partial charge in [0, 0.05) is 23.2 Å². The van der Waals surface area contributed by atoms with Gasteiger partial charge in [-0.05, 0) is 56.0 Å². The van der Waals surface area contributed by atoms with Gasteiger partial charge in [-0.15, -0.1) is 16.8 Å². The quantitative estimate of drug-likeness (QED) is 0.167. The van der Waals surface area contributed by atoms with E-state index in [1.54, 1.807) is 6.08 Å². The fourth-order valence-electron chi connectivity index (χ4n) is 7.94. The summed E-state index contributed by atoms with van der Waals surface area (Å²) in [5.74, 6) is -0.438. The number of anilines is 1. The third-order valence-electron chi connectivity index (χ3n) is 10.8. The van der Waals surface area contributed by atoms with Crippen LogP contribution in [0.25, 0.3) is 0 Å². The Morgan fingerprint density at radius 3 is 2.61 bits per heavy atom. The summed E-state index contributed by atoms with van der Waals surface area (Å²) in [4.78, 5) is 41.2. The molecular formula is C30H46N4O5S2. The molecule has 228 valence electrons. The minimum absolute atomic E-state index is 0.0243. The van der Waals surface area contributed by atoms with Crippen LogP contribution in [0.4, 0.5) is 5.13 Å². The van der Waals surface area contributed by atoms with Gasteiger partial charge >= 0.3 is 5.97 Å². The van der Waals surface area contributed by atoms with Crippen LogP contribution in [0.1, 0.15) is 73.6 Å². The number of carbonyl (C=O) groups excluding carboxylic acids is 3. The van der Waals surface area contributed by atoms with E-state index in [9.17, 15) is 19.5 Å². The lowest BCUT2D eigenvalue weighted by atomic mass is 9.44. The predicted molar refractivity (Wildman–Crippen MR) is 162 cm³/mol. The van der Waals surface area contributed by atoms with Crippen molar-refractivity contribution in [1.82, 2.24) is 15.1 Å². The van der Waals surface area contributed by atoms with Gasteiger partial charge in [0.05, 0.1) is 18.4 Å². The van der Waals surface area contributed by atoms with Crippen LogP contribution in [-0.2, 0) is 19.1 Å². The Morgan fingerprint density at radius 1 is 1.24 bits per heavy atom. The number of rotatable bonds is 10. The summed E-state index contributed by atoms with van der Waals surface area (Å²) in [6.45, 7) is 18.3. The second-order valence-electron chi connectivity index (χ2n) is 12.7. The smallest absolute Gasteiger partial charge is 0.316 e. The van der Waals surface area contributed by atoms with Crippen LogP contribution >= 0.6 is 23.1 Å². The van der Waals surface area contributed by atoms with Gasteiger partial charge in [-0.1, -0.05) is 70.7 Å². The Morgan fingerprint density at radius 2 is 1.95 bits per heavy atom. The van der Waals surface area contributed by atoms with E-state index in [1.165, 1.54) is 23.1 Å². The average Bonchev–Trinajstić information content (AvgIpc) is 3.55. The van der Waals surface area contributed by atoms with Gasteiger partial charge in [-0.2, -0.15) is 0 Å². The molecule has 0 radical (unpaired) electrons. The Hall–Kier alpha value is -1.82. The maximum absolute atomic E-state index is 13.5. The molecule has 2 bridgehead atoms. The van der Waals surface area contributed by atoms with E-state index in [4.69, 9.17) is 4.74 Å². The normalized spacial score (nSPS) is 36.8. The molecular weight excluding hydrogens is 560 g/mol. The number of ketones is 1. The van der Waals surface area contributed by atoms with Crippen LogP contribution in [0.3, 0.4) is 0 Å². The van der Waals surface area contributed by atoms with E-state index in [1.807, 2.05) is 25.7 Å². The molecule has 8 atom stereocenters. The van der Waals surface area contributed by atoms with E-state index in [0.29, 0.717) is 22.3 Å². The highest BCUT2D eigenvalue weighted by molar-refractivity contribution is 8.01. The zero-order valence-electron chi connectivity index (χ0n) is 25.3. The van der Waals surface area contributed by atoms with Gasteiger partial charge in [0.25, 0.3) is 0 Å². The first-order valence-electron chi connectivity index (χ1n) is 14.9. The molecule has 0 aliphatic heterocycles. The lowest BCUT2D eigenvalue weighted by Crippen LogP contribution is -2.63. The van der Waals surface area contributed by atoms with Gasteiger partial charge in [0.15, 0.2) is 4.34 Å². The van der Waals surface area contributed by atoms with E-state index < -0.39 is 29.0 Å². The molecule has 3 fully saturated rings. The first kappa shape index (κ1) is 32.1. The van der Waals surface area contributed by atoms with Crippen LogP contribution in [0.5, 0.6) is 0 Å². The van der Waals surface area contributed by atoms with Gasteiger partial charge in [0.2, 0.25) is 11.0 Å². The van der Waals surface area contributed by atoms with Crippen LogP contribution in [0.15, 0.2) is 17.0 Å². The first-order chi connectivity index (χ1) is 19.3. The Labute approximate surface area is 252 Å². The summed E-state index contributed by atoms with van der Waals surface area (Å²) in [5, 5.41) is 23.0. The number of likely N-dealkylation sites (N-methyl/N-ethyl adjacent to an activating group) is 1. The summed E-state index contributed by atoms with van der Waals surface area (Å²) >= 11 is 2.44. The molecule has 1 aromatic rings. The molecule has 3 saturated carbocycles. The Balaban J connectivity index is 1.50. The van der Waals surface area contributed by atoms with Crippen LogP contribution in [-0.4, -0.2) is 75.5 Å². The third-order valence-corrected chi connectivity index (χ3v) is 12.7. The second kappa shape index (κ2) is 12.4. The second-order valence-corrected chi connectivity index (χ2v) is 14.9. The van der Waals surface area contributed by atoms with Gasteiger partial charge in [0.1, 0.15) is 11.9 Å². The number of amides is 1. The number of aromatic nitrogens is 2. The highest BCUT2D eigenvalue weighted by Crippen LogP contribution is 2.68. The SMILES string of the molecule is C=C[C@]1(C)C[C@@H](OC(=O)CSc2nnc(NC(=O)CN(CC)CC)s2)[C@]2(C)[C@H](C)CC[C@]3(CCC(=O)[C@H]32)[C@@H](C)[C@@H]1O. The predicted octanol–water partition coefficient (Wildman–Crippen LogP) is 4.82. The molecule has 0 spiro atoms. The lowest BCUT2D eigenvalue weighted by molar-refractivity contribution is -0.205. The minimum atomic E-state index is -0.696. The van der Waals surface area contributed by atoms with Crippen molar-refractivity contribution < 1.29 is 24.2 Å².